The molecule has 6 rings (SSSR count). The third-order valence-electron chi connectivity index (χ3n) is 10.4. The molecule has 4 heterocycles. The first kappa shape index (κ1) is 38.0. The number of aryl methyl sites for hydroxylation is 1. The van der Waals surface area contributed by atoms with Gasteiger partial charge in [-0.3, -0.25) is 19.4 Å². The number of ether oxygens (including phenoxy) is 7. The number of nitrogens with one attached hydrogen (secondary N) is 2. The molecule has 1 fully saturated rings. The van der Waals surface area contributed by atoms with E-state index in [4.69, 9.17) is 33.2 Å². The summed E-state index contributed by atoms with van der Waals surface area (Å²) in [6.45, 7) is 11.9. The Hall–Kier alpha value is -4.78. The summed E-state index contributed by atoms with van der Waals surface area (Å²) in [5.41, 5.74) is 4.12. The van der Waals surface area contributed by atoms with Gasteiger partial charge in [0.15, 0.2) is 29.8 Å². The van der Waals surface area contributed by atoms with Crippen LogP contribution in [-0.2, 0) is 31.9 Å². The lowest BCUT2D eigenvalue weighted by Gasteiger charge is -2.60. The summed E-state index contributed by atoms with van der Waals surface area (Å²) in [5, 5.41) is 16.6. The minimum absolute atomic E-state index is 0.00636. The second-order valence-corrected chi connectivity index (χ2v) is 15.0. The number of benzene rings is 2. The van der Waals surface area contributed by atoms with Crippen molar-refractivity contribution >= 4 is 18.0 Å². The first-order chi connectivity index (χ1) is 25.1. The van der Waals surface area contributed by atoms with Crippen LogP contribution < -0.4 is 34.3 Å². The molecule has 4 aliphatic rings. The highest BCUT2D eigenvalue weighted by molar-refractivity contribution is 5.85. The molecule has 2 amide bonds. The maximum Gasteiger partial charge on any atom is 0.408 e. The molecule has 0 saturated carbocycles. The summed E-state index contributed by atoms with van der Waals surface area (Å²) in [6, 6.07) is 1.53. The maximum absolute atomic E-state index is 13.6. The number of alkyl carbamates (subject to hydrolysis) is 1. The molecule has 2 N–H and O–H groups in total. The van der Waals surface area contributed by atoms with Crippen LogP contribution in [0.2, 0.25) is 0 Å². The fraction of sp³-hybridized carbons (Fsp3) is 0.579. The molecule has 15 nitrogen and oxygen atoms in total. The van der Waals surface area contributed by atoms with Gasteiger partial charge in [-0.2, -0.15) is 5.26 Å². The fourth-order valence-electron chi connectivity index (χ4n) is 8.45. The number of esters is 1. The Balaban J connectivity index is 1.51. The lowest BCUT2D eigenvalue weighted by molar-refractivity contribution is -0.132. The summed E-state index contributed by atoms with van der Waals surface area (Å²) < 4.78 is 40.9. The molecule has 6 atom stereocenters. The highest BCUT2D eigenvalue weighted by Gasteiger charge is 2.57. The van der Waals surface area contributed by atoms with E-state index in [-0.39, 0.29) is 32.2 Å². The quantitative estimate of drug-likeness (QED) is 0.217. The molecule has 0 spiro atoms. The average molecular weight is 736 g/mol. The van der Waals surface area contributed by atoms with Crippen molar-refractivity contribution in [3.8, 4) is 34.8 Å². The van der Waals surface area contributed by atoms with Crippen LogP contribution in [0.25, 0.3) is 0 Å². The van der Waals surface area contributed by atoms with Gasteiger partial charge in [-0.15, -0.1) is 0 Å². The van der Waals surface area contributed by atoms with Crippen LogP contribution >= 0.6 is 0 Å². The van der Waals surface area contributed by atoms with Crippen LogP contribution in [-0.4, -0.2) is 98.9 Å². The van der Waals surface area contributed by atoms with Gasteiger partial charge < -0.3 is 43.8 Å². The van der Waals surface area contributed by atoms with Crippen LogP contribution in [0.5, 0.6) is 28.7 Å². The van der Waals surface area contributed by atoms with Gasteiger partial charge in [0, 0.05) is 54.9 Å². The molecule has 2 aromatic rings. The number of likely N-dealkylation sites (N-methyl/N-ethyl adjacent to an activating group) is 1. The van der Waals surface area contributed by atoms with Crippen LogP contribution in [0.4, 0.5) is 4.79 Å². The van der Waals surface area contributed by atoms with Crippen molar-refractivity contribution in [3.63, 3.8) is 0 Å². The Morgan fingerprint density at radius 3 is 2.42 bits per heavy atom. The zero-order valence-electron chi connectivity index (χ0n) is 32.0. The van der Waals surface area contributed by atoms with Crippen LogP contribution in [0.15, 0.2) is 6.07 Å². The molecule has 4 aliphatic heterocycles. The predicted octanol–water partition coefficient (Wildman–Crippen LogP) is 3.75. The molecule has 0 aromatic heterocycles. The Morgan fingerprint density at radius 1 is 1.06 bits per heavy atom. The second kappa shape index (κ2) is 14.6. The van der Waals surface area contributed by atoms with Gasteiger partial charge >= 0.3 is 12.1 Å². The van der Waals surface area contributed by atoms with Gasteiger partial charge in [0.1, 0.15) is 23.4 Å². The van der Waals surface area contributed by atoms with E-state index in [2.05, 4.69) is 32.6 Å². The number of methoxy groups -OCH3 is 2. The minimum Gasteiger partial charge on any atom is -0.493 e. The van der Waals surface area contributed by atoms with E-state index in [1.54, 1.807) is 41.9 Å². The number of hydrogen-bond acceptors (Lipinski definition) is 13. The maximum atomic E-state index is 13.6. The van der Waals surface area contributed by atoms with E-state index < -0.39 is 47.7 Å². The molecule has 53 heavy (non-hydrogen) atoms. The number of nitriles is 1. The summed E-state index contributed by atoms with van der Waals surface area (Å²) in [4.78, 5) is 43.2. The van der Waals surface area contributed by atoms with Crippen molar-refractivity contribution in [2.75, 3.05) is 41.4 Å². The van der Waals surface area contributed by atoms with Crippen molar-refractivity contribution in [3.05, 3.63) is 39.4 Å². The molecule has 15 heteroatoms. The minimum atomic E-state index is -0.940. The number of fused-ring (bicyclic) bond motifs is 9. The molecule has 2 aromatic carbocycles. The lowest BCUT2D eigenvalue weighted by atomic mass is 9.71. The molecule has 0 radical (unpaired) electrons. The van der Waals surface area contributed by atoms with E-state index in [0.29, 0.717) is 52.7 Å². The van der Waals surface area contributed by atoms with E-state index in [9.17, 15) is 19.6 Å². The van der Waals surface area contributed by atoms with Gasteiger partial charge in [0.25, 0.3) is 0 Å². The number of carbonyl (C=O) groups excluding carboxylic acids is 3. The van der Waals surface area contributed by atoms with Crippen molar-refractivity contribution in [2.45, 2.75) is 103 Å². The van der Waals surface area contributed by atoms with E-state index in [0.717, 1.165) is 22.3 Å². The zero-order valence-corrected chi connectivity index (χ0v) is 32.0. The summed E-state index contributed by atoms with van der Waals surface area (Å²) >= 11 is 0. The van der Waals surface area contributed by atoms with E-state index in [1.165, 1.54) is 6.92 Å². The number of nitrogens with zero attached hydrogens (tertiary/aromatic N) is 3. The molecular weight excluding hydrogens is 686 g/mol. The third kappa shape index (κ3) is 6.79. The summed E-state index contributed by atoms with van der Waals surface area (Å²) in [7, 11) is 5.18. The first-order valence-corrected chi connectivity index (χ1v) is 17.7. The average Bonchev–Trinajstić information content (AvgIpc) is 3.57. The normalized spacial score (nSPS) is 23.4. The van der Waals surface area contributed by atoms with E-state index in [1.807, 2.05) is 20.9 Å². The van der Waals surface area contributed by atoms with Crippen LogP contribution in [0.1, 0.15) is 80.1 Å². The molecule has 0 aliphatic carbocycles. The smallest absolute Gasteiger partial charge is 0.408 e. The molecule has 2 bridgehead atoms. The topological polar surface area (TPSA) is 170 Å². The fourth-order valence-corrected chi connectivity index (χ4v) is 8.45. The van der Waals surface area contributed by atoms with Gasteiger partial charge in [-0.1, -0.05) is 6.07 Å². The Labute approximate surface area is 309 Å². The van der Waals surface area contributed by atoms with Crippen molar-refractivity contribution in [1.29, 1.82) is 5.26 Å². The second-order valence-electron chi connectivity index (χ2n) is 15.0. The molecule has 1 saturated heterocycles. The highest BCUT2D eigenvalue weighted by atomic mass is 16.7. The number of hydrogen-bond donors (Lipinski definition) is 2. The van der Waals surface area contributed by atoms with Crippen LogP contribution in [0, 0.1) is 25.2 Å². The van der Waals surface area contributed by atoms with E-state index >= 15 is 0 Å². The predicted molar refractivity (Wildman–Crippen MR) is 190 cm³/mol. The molecular formula is C38H49N5O10. The lowest BCUT2D eigenvalue weighted by Crippen LogP contribution is -2.69. The van der Waals surface area contributed by atoms with Crippen molar-refractivity contribution in [2.24, 2.45) is 0 Å². The van der Waals surface area contributed by atoms with Gasteiger partial charge in [0.2, 0.25) is 12.7 Å². The van der Waals surface area contributed by atoms with Crippen molar-refractivity contribution in [1.82, 2.24) is 20.4 Å². The number of carbonyl (C=O) groups is 3. The number of amides is 2. The van der Waals surface area contributed by atoms with Crippen molar-refractivity contribution < 1.29 is 47.5 Å². The monoisotopic (exact) mass is 735 g/mol. The van der Waals surface area contributed by atoms with Gasteiger partial charge in [0.05, 0.1) is 25.3 Å². The number of rotatable bonds is 9. The highest BCUT2D eigenvalue weighted by Crippen LogP contribution is 2.58. The largest absolute Gasteiger partial charge is 0.493 e. The zero-order chi connectivity index (χ0) is 38.5. The van der Waals surface area contributed by atoms with Crippen LogP contribution in [0.3, 0.4) is 0 Å². The third-order valence-corrected chi connectivity index (χ3v) is 10.4. The summed E-state index contributed by atoms with van der Waals surface area (Å²) in [6.07, 6.45) is 0.182. The first-order valence-electron chi connectivity index (χ1n) is 17.7. The Bertz CT molecular complexity index is 1850. The van der Waals surface area contributed by atoms with Gasteiger partial charge in [-0.25, -0.2) is 4.79 Å². The number of piperazine rings is 1. The molecule has 286 valence electrons. The standard InChI is InChI=1S/C38H49N5O10/c1-18-11-22-12-24-26(14-39)43-25(30(42(24)8)28(22)34(31(18)48-10)49-16-47-9)13-23-29(35-33(50-17-51-35)19(2)32(23)52-21(4)44)27(43)15-40-36(45)20(3)41-37(46)53-38(5,6)7/h11,20,24-27,30H,12-13,15-17H2,1-10H3,(H,40,45)(H,41,46)/t20?,24?,25-,26-,27?,30?/m0/s1. The Kier molecular flexibility index (Phi) is 10.4. The summed E-state index contributed by atoms with van der Waals surface area (Å²) in [5.74, 6) is 1.48. The Morgan fingerprint density at radius 2 is 1.77 bits per heavy atom. The molecule has 4 unspecified atom stereocenters. The van der Waals surface area contributed by atoms with Gasteiger partial charge in [-0.05, 0) is 72.6 Å². The SMILES string of the molecule is COCOc1c(OC)c(C)cc2c1C1[C@@H]3Cc4c(OC(C)=O)c(C)c5c(c4C(CNC(=O)C(C)NC(=O)OC(C)(C)C)N3[C@@H](C#N)C(C2)N1C)OCO5.